The number of hydrogen-bond donors (Lipinski definition) is 0. The molecule has 0 fully saturated rings. The molecule has 1 atom stereocenters. The molecule has 1 unspecified atom stereocenters. The summed E-state index contributed by atoms with van der Waals surface area (Å²) in [5.41, 5.74) is 19.7. The number of fused-ring (bicyclic) bond motifs is 13. The van der Waals surface area contributed by atoms with Crippen LogP contribution in [-0.2, 0) is 5.41 Å². The molecule has 2 nitrogen and oxygen atoms in total. The van der Waals surface area contributed by atoms with Gasteiger partial charge in [0, 0.05) is 16.6 Å². The molecule has 1 spiro atoms. The molecule has 2 aliphatic carbocycles. The molecule has 12 rings (SSSR count). The first-order valence-corrected chi connectivity index (χ1v) is 19.7. The van der Waals surface area contributed by atoms with Gasteiger partial charge in [0.15, 0.2) is 0 Å². The number of anilines is 3. The Hall–Kier alpha value is -7.42. The zero-order chi connectivity index (χ0) is 37.5. The maximum absolute atomic E-state index is 6.52. The van der Waals surface area contributed by atoms with E-state index in [0.717, 1.165) is 39.0 Å². The predicted octanol–water partition coefficient (Wildman–Crippen LogP) is 14.7. The lowest BCUT2D eigenvalue weighted by Gasteiger charge is -2.32. The second-order valence-corrected chi connectivity index (χ2v) is 15.2. The first kappa shape index (κ1) is 31.9. The van der Waals surface area contributed by atoms with Gasteiger partial charge in [-0.3, -0.25) is 0 Å². The molecular weight excluding hydrogens is 691 g/mol. The maximum Gasteiger partial charge on any atom is 0.137 e. The largest absolute Gasteiger partial charge is 0.456 e. The van der Waals surface area contributed by atoms with Crippen LogP contribution in [0.25, 0.3) is 66.4 Å². The van der Waals surface area contributed by atoms with E-state index in [2.05, 4.69) is 211 Å². The summed E-state index contributed by atoms with van der Waals surface area (Å²) < 4.78 is 6.52. The molecule has 0 N–H and O–H groups in total. The second-order valence-electron chi connectivity index (χ2n) is 15.2. The van der Waals surface area contributed by atoms with Crippen molar-refractivity contribution in [3.05, 3.63) is 235 Å². The lowest BCUT2D eigenvalue weighted by molar-refractivity contribution is 0.669. The fourth-order valence-electron chi connectivity index (χ4n) is 9.95. The van der Waals surface area contributed by atoms with Crippen LogP contribution in [0, 0.1) is 0 Å². The third kappa shape index (κ3) is 4.53. The first-order valence-electron chi connectivity index (χ1n) is 19.7. The van der Waals surface area contributed by atoms with Crippen LogP contribution in [0.4, 0.5) is 17.1 Å². The highest BCUT2D eigenvalue weighted by Crippen LogP contribution is 2.65. The molecule has 0 bridgehead atoms. The van der Waals surface area contributed by atoms with Gasteiger partial charge in [0.1, 0.15) is 11.2 Å². The normalized spacial score (nSPS) is 14.7. The van der Waals surface area contributed by atoms with Gasteiger partial charge < -0.3 is 9.32 Å². The van der Waals surface area contributed by atoms with E-state index in [4.69, 9.17) is 4.42 Å². The van der Waals surface area contributed by atoms with Crippen molar-refractivity contribution in [2.75, 3.05) is 4.90 Å². The van der Waals surface area contributed by atoms with Crippen LogP contribution in [0.1, 0.15) is 22.3 Å². The summed E-state index contributed by atoms with van der Waals surface area (Å²) in [6.07, 6.45) is 0. The Morgan fingerprint density at radius 1 is 0.351 bits per heavy atom. The fourth-order valence-corrected chi connectivity index (χ4v) is 9.95. The van der Waals surface area contributed by atoms with Crippen LogP contribution in [0.3, 0.4) is 0 Å². The van der Waals surface area contributed by atoms with E-state index < -0.39 is 5.41 Å². The minimum Gasteiger partial charge on any atom is -0.456 e. The van der Waals surface area contributed by atoms with E-state index in [1.165, 1.54) is 66.8 Å². The van der Waals surface area contributed by atoms with Gasteiger partial charge in [-0.2, -0.15) is 0 Å². The van der Waals surface area contributed by atoms with Crippen molar-refractivity contribution in [3.63, 3.8) is 0 Å². The van der Waals surface area contributed by atoms with Crippen molar-refractivity contribution in [2.24, 2.45) is 0 Å². The summed E-state index contributed by atoms with van der Waals surface area (Å²) in [4.78, 5) is 2.47. The van der Waals surface area contributed by atoms with Gasteiger partial charge in [-0.05, 0) is 104 Å². The minimum absolute atomic E-state index is 0.504. The number of rotatable bonds is 5. The Morgan fingerprint density at radius 3 is 1.68 bits per heavy atom. The van der Waals surface area contributed by atoms with E-state index in [9.17, 15) is 0 Å². The predicted molar refractivity (Wildman–Crippen MR) is 236 cm³/mol. The summed E-state index contributed by atoms with van der Waals surface area (Å²) in [6, 6.07) is 77.5. The molecule has 9 aromatic carbocycles. The highest BCUT2D eigenvalue weighted by molar-refractivity contribution is 6.14. The Balaban J connectivity index is 1.16. The van der Waals surface area contributed by atoms with Crippen molar-refractivity contribution in [1.82, 2.24) is 0 Å². The van der Waals surface area contributed by atoms with E-state index >= 15 is 0 Å². The van der Waals surface area contributed by atoms with Gasteiger partial charge in [0.05, 0.1) is 22.2 Å². The average molecular weight is 726 g/mol. The summed E-state index contributed by atoms with van der Waals surface area (Å²) in [6.45, 7) is 0. The quantitative estimate of drug-likeness (QED) is 0.176. The third-order valence-electron chi connectivity index (χ3n) is 12.3. The molecular formula is C55H35NO. The van der Waals surface area contributed by atoms with Gasteiger partial charge in [-0.25, -0.2) is 0 Å². The van der Waals surface area contributed by atoms with E-state index in [1.54, 1.807) is 0 Å². The van der Waals surface area contributed by atoms with E-state index in [0.29, 0.717) is 0 Å². The Morgan fingerprint density at radius 2 is 0.895 bits per heavy atom. The lowest BCUT2D eigenvalue weighted by Crippen LogP contribution is -2.26. The van der Waals surface area contributed by atoms with Gasteiger partial charge in [-0.1, -0.05) is 170 Å². The topological polar surface area (TPSA) is 16.4 Å². The van der Waals surface area contributed by atoms with Crippen molar-refractivity contribution in [2.45, 2.75) is 5.41 Å². The van der Waals surface area contributed by atoms with Gasteiger partial charge in [0.2, 0.25) is 0 Å². The monoisotopic (exact) mass is 725 g/mol. The summed E-state index contributed by atoms with van der Waals surface area (Å²) in [5, 5.41) is 2.20. The van der Waals surface area contributed by atoms with Gasteiger partial charge in [-0.15, -0.1) is 0 Å². The summed E-state index contributed by atoms with van der Waals surface area (Å²) in [7, 11) is 0. The van der Waals surface area contributed by atoms with Crippen LogP contribution in [-0.4, -0.2) is 0 Å². The van der Waals surface area contributed by atoms with Crippen molar-refractivity contribution in [1.29, 1.82) is 0 Å². The minimum atomic E-state index is -0.504. The molecule has 1 aromatic heterocycles. The first-order chi connectivity index (χ1) is 28.3. The maximum atomic E-state index is 6.52. The molecule has 57 heavy (non-hydrogen) atoms. The van der Waals surface area contributed by atoms with Crippen molar-refractivity contribution < 1.29 is 4.42 Å². The van der Waals surface area contributed by atoms with Crippen molar-refractivity contribution in [3.8, 4) is 44.5 Å². The van der Waals surface area contributed by atoms with E-state index in [-0.39, 0.29) is 0 Å². The Kier molecular flexibility index (Phi) is 6.88. The molecule has 10 aromatic rings. The third-order valence-corrected chi connectivity index (χ3v) is 12.3. The molecule has 266 valence electrons. The zero-order valence-electron chi connectivity index (χ0n) is 31.1. The molecule has 1 heterocycles. The highest BCUT2D eigenvalue weighted by atomic mass is 16.3. The highest BCUT2D eigenvalue weighted by Gasteiger charge is 2.52. The van der Waals surface area contributed by atoms with Crippen LogP contribution < -0.4 is 4.90 Å². The molecule has 2 aliphatic rings. The van der Waals surface area contributed by atoms with Crippen LogP contribution in [0.15, 0.2) is 217 Å². The SMILES string of the molecule is c1ccc(-c2ccc(N(c3cccc4c3-c3ccccc3C43c4ccccc4-c4ccc(-c5ccccc5)cc43)c3cccc4oc5ccccc5c34)cc2)cc1. The van der Waals surface area contributed by atoms with Crippen LogP contribution in [0.5, 0.6) is 0 Å². The van der Waals surface area contributed by atoms with Gasteiger partial charge >= 0.3 is 0 Å². The summed E-state index contributed by atoms with van der Waals surface area (Å²) in [5.74, 6) is 0. The second kappa shape index (κ2) is 12.3. The standard InChI is InChI=1S/C55H35NO/c1-3-15-36(16-4-1)38-29-32-40(33-30-38)56(50-26-14-28-52-54(50)44-21-9-12-27-51(44)57-52)49-25-13-24-47-53(49)43-20-8-11-23-46(43)55(47)45-22-10-7-19-41(45)42-34-31-39(35-48(42)55)37-17-5-2-6-18-37/h1-35H. The molecule has 0 amide bonds. The van der Waals surface area contributed by atoms with E-state index in [1.807, 2.05) is 6.07 Å². The average Bonchev–Trinajstić information content (AvgIpc) is 3.92. The molecule has 0 aliphatic heterocycles. The molecule has 0 saturated carbocycles. The molecule has 2 heteroatoms. The van der Waals surface area contributed by atoms with Crippen LogP contribution in [0.2, 0.25) is 0 Å². The number of para-hydroxylation sites is 1. The zero-order valence-corrected chi connectivity index (χ0v) is 31.1. The molecule has 0 saturated heterocycles. The number of hydrogen-bond acceptors (Lipinski definition) is 2. The Bertz CT molecular complexity index is 3180. The molecule has 0 radical (unpaired) electrons. The number of furan rings is 1. The number of nitrogens with zero attached hydrogens (tertiary/aromatic N) is 1. The summed E-state index contributed by atoms with van der Waals surface area (Å²) >= 11 is 0. The van der Waals surface area contributed by atoms with Crippen LogP contribution >= 0.6 is 0 Å². The van der Waals surface area contributed by atoms with Gasteiger partial charge in [0.25, 0.3) is 0 Å². The smallest absolute Gasteiger partial charge is 0.137 e. The lowest BCUT2D eigenvalue weighted by atomic mass is 9.70. The van der Waals surface area contributed by atoms with Crippen molar-refractivity contribution >= 4 is 39.0 Å². The Labute approximate surface area is 331 Å². The number of benzene rings is 9. The fraction of sp³-hybridized carbons (Fsp3) is 0.0182.